The Kier molecular flexibility index (Phi) is 3.40. The monoisotopic (exact) mass is 302 g/mol. The Balaban J connectivity index is 1.52. The molecule has 4 aromatic rings. The third kappa shape index (κ3) is 2.74. The summed E-state index contributed by atoms with van der Waals surface area (Å²) in [6.45, 7) is 0.646. The van der Waals surface area contributed by atoms with Crippen LogP contribution in [0.3, 0.4) is 0 Å². The van der Waals surface area contributed by atoms with Crippen molar-refractivity contribution in [1.82, 2.24) is 24.7 Å². The molecule has 0 aliphatic carbocycles. The summed E-state index contributed by atoms with van der Waals surface area (Å²) < 4.78 is 1.73. The van der Waals surface area contributed by atoms with Gasteiger partial charge >= 0.3 is 0 Å². The molecule has 0 aliphatic rings. The number of fused-ring (bicyclic) bond motifs is 1. The van der Waals surface area contributed by atoms with Crippen molar-refractivity contribution in [2.24, 2.45) is 0 Å². The van der Waals surface area contributed by atoms with Gasteiger partial charge in [-0.25, -0.2) is 19.6 Å². The lowest BCUT2D eigenvalue weighted by atomic mass is 10.2. The van der Waals surface area contributed by atoms with E-state index in [-0.39, 0.29) is 0 Å². The summed E-state index contributed by atoms with van der Waals surface area (Å²) in [6.07, 6.45) is 7.02. The van der Waals surface area contributed by atoms with Gasteiger partial charge < -0.3 is 5.32 Å². The van der Waals surface area contributed by atoms with E-state index in [0.717, 1.165) is 28.1 Å². The number of hydrogen-bond donors (Lipinski definition) is 1. The van der Waals surface area contributed by atoms with E-state index in [1.165, 1.54) is 0 Å². The Morgan fingerprint density at radius 2 is 1.91 bits per heavy atom. The molecule has 0 atom stereocenters. The zero-order valence-corrected chi connectivity index (χ0v) is 12.3. The Hall–Kier alpha value is -3.28. The fourth-order valence-corrected chi connectivity index (χ4v) is 2.39. The summed E-state index contributed by atoms with van der Waals surface area (Å²) in [5, 5.41) is 8.52. The maximum absolute atomic E-state index is 4.42. The second kappa shape index (κ2) is 5.84. The highest BCUT2D eigenvalue weighted by molar-refractivity contribution is 5.88. The summed E-state index contributed by atoms with van der Waals surface area (Å²) in [7, 11) is 0. The van der Waals surface area contributed by atoms with E-state index < -0.39 is 0 Å². The normalized spacial score (nSPS) is 10.8. The van der Waals surface area contributed by atoms with Crippen LogP contribution in [0.4, 0.5) is 5.82 Å². The highest BCUT2D eigenvalue weighted by Gasteiger charge is 2.03. The molecule has 0 unspecified atom stereocenters. The first-order chi connectivity index (χ1) is 11.4. The first-order valence-electron chi connectivity index (χ1n) is 7.29. The molecular weight excluding hydrogens is 288 g/mol. The van der Waals surface area contributed by atoms with Crippen molar-refractivity contribution in [1.29, 1.82) is 0 Å². The average Bonchev–Trinajstić information content (AvgIpc) is 3.15. The fourth-order valence-electron chi connectivity index (χ4n) is 2.39. The number of hydrogen-bond acceptors (Lipinski definition) is 5. The number of anilines is 1. The fraction of sp³-hybridized carbons (Fsp3) is 0.0588. The van der Waals surface area contributed by atoms with Crippen molar-refractivity contribution in [3.05, 3.63) is 72.9 Å². The van der Waals surface area contributed by atoms with Gasteiger partial charge in [-0.05, 0) is 29.8 Å². The quantitative estimate of drug-likeness (QED) is 0.628. The van der Waals surface area contributed by atoms with E-state index in [1.54, 1.807) is 17.2 Å². The van der Waals surface area contributed by atoms with Crippen LogP contribution in [0.1, 0.15) is 5.56 Å². The van der Waals surface area contributed by atoms with Crippen LogP contribution in [0.5, 0.6) is 0 Å². The van der Waals surface area contributed by atoms with Crippen molar-refractivity contribution in [3.63, 3.8) is 0 Å². The SMILES string of the molecule is c1ccc2c(NCc3ccc(-n4cccn4)nc3)ncnc2c1. The van der Waals surface area contributed by atoms with Crippen molar-refractivity contribution < 1.29 is 0 Å². The standard InChI is InChI=1S/C17H14N6/c1-2-5-15-14(4-1)17(21-12-20-15)19-11-13-6-7-16(18-10-13)23-9-3-8-22-23/h1-10,12H,11H2,(H,19,20,21). The van der Waals surface area contributed by atoms with E-state index >= 15 is 0 Å². The third-order valence-corrected chi connectivity index (χ3v) is 3.55. The lowest BCUT2D eigenvalue weighted by Crippen LogP contribution is -2.04. The molecule has 0 bridgehead atoms. The van der Waals surface area contributed by atoms with Crippen LogP contribution >= 0.6 is 0 Å². The zero-order chi connectivity index (χ0) is 15.5. The molecule has 0 saturated heterocycles. The molecular formula is C17H14N6. The van der Waals surface area contributed by atoms with Gasteiger partial charge in [0, 0.05) is 30.5 Å². The molecule has 0 saturated carbocycles. The maximum Gasteiger partial charge on any atom is 0.153 e. The molecule has 112 valence electrons. The summed E-state index contributed by atoms with van der Waals surface area (Å²) in [5.74, 6) is 1.62. The van der Waals surface area contributed by atoms with Crippen LogP contribution in [0, 0.1) is 0 Å². The Bertz CT molecular complexity index is 910. The lowest BCUT2D eigenvalue weighted by molar-refractivity contribution is 0.843. The molecule has 3 aromatic heterocycles. The Morgan fingerprint density at radius 1 is 0.957 bits per heavy atom. The first kappa shape index (κ1) is 13.4. The topological polar surface area (TPSA) is 68.5 Å². The minimum absolute atomic E-state index is 0.646. The van der Waals surface area contributed by atoms with Crippen molar-refractivity contribution in [2.75, 3.05) is 5.32 Å². The van der Waals surface area contributed by atoms with Crippen LogP contribution in [-0.2, 0) is 6.54 Å². The van der Waals surface area contributed by atoms with E-state index in [4.69, 9.17) is 0 Å². The lowest BCUT2D eigenvalue weighted by Gasteiger charge is -2.08. The predicted octanol–water partition coefficient (Wildman–Crippen LogP) is 2.82. The maximum atomic E-state index is 4.42. The average molecular weight is 302 g/mol. The molecule has 0 amide bonds. The van der Waals surface area contributed by atoms with Gasteiger partial charge in [0.2, 0.25) is 0 Å². The number of pyridine rings is 1. The van der Waals surface area contributed by atoms with Crippen LogP contribution < -0.4 is 5.32 Å². The molecule has 6 heteroatoms. The molecule has 4 rings (SSSR count). The van der Waals surface area contributed by atoms with Crippen molar-refractivity contribution in [3.8, 4) is 5.82 Å². The molecule has 1 aromatic carbocycles. The summed E-state index contributed by atoms with van der Waals surface area (Å²) in [5.41, 5.74) is 2.00. The van der Waals surface area contributed by atoms with Gasteiger partial charge in [-0.15, -0.1) is 0 Å². The van der Waals surface area contributed by atoms with Crippen molar-refractivity contribution >= 4 is 16.7 Å². The molecule has 0 radical (unpaired) electrons. The van der Waals surface area contributed by atoms with Crippen LogP contribution in [0.15, 0.2) is 67.4 Å². The second-order valence-corrected chi connectivity index (χ2v) is 5.07. The molecule has 1 N–H and O–H groups in total. The number of nitrogens with one attached hydrogen (secondary N) is 1. The summed E-state index contributed by atoms with van der Waals surface area (Å²) in [4.78, 5) is 13.0. The van der Waals surface area contributed by atoms with Crippen molar-refractivity contribution in [2.45, 2.75) is 6.54 Å². The number of nitrogens with zero attached hydrogens (tertiary/aromatic N) is 5. The Morgan fingerprint density at radius 3 is 2.74 bits per heavy atom. The molecule has 3 heterocycles. The largest absolute Gasteiger partial charge is 0.365 e. The van der Waals surface area contributed by atoms with Gasteiger partial charge in [-0.3, -0.25) is 0 Å². The van der Waals surface area contributed by atoms with Gasteiger partial charge in [0.15, 0.2) is 5.82 Å². The van der Waals surface area contributed by atoms with Gasteiger partial charge in [0.1, 0.15) is 12.1 Å². The molecule has 23 heavy (non-hydrogen) atoms. The molecule has 0 spiro atoms. The minimum Gasteiger partial charge on any atom is -0.365 e. The van der Waals surface area contributed by atoms with Crippen LogP contribution in [0.2, 0.25) is 0 Å². The summed E-state index contributed by atoms with van der Waals surface area (Å²) >= 11 is 0. The molecule has 0 fully saturated rings. The van der Waals surface area contributed by atoms with E-state index in [2.05, 4.69) is 25.4 Å². The van der Waals surface area contributed by atoms with Gasteiger partial charge in [-0.1, -0.05) is 18.2 Å². The number of benzene rings is 1. The first-order valence-corrected chi connectivity index (χ1v) is 7.29. The van der Waals surface area contributed by atoms with E-state index in [9.17, 15) is 0 Å². The number of aromatic nitrogens is 5. The minimum atomic E-state index is 0.646. The highest BCUT2D eigenvalue weighted by Crippen LogP contribution is 2.19. The number of rotatable bonds is 4. The Labute approximate surface area is 132 Å². The van der Waals surface area contributed by atoms with E-state index in [0.29, 0.717) is 6.54 Å². The van der Waals surface area contributed by atoms with E-state index in [1.807, 2.05) is 54.9 Å². The van der Waals surface area contributed by atoms with Gasteiger partial charge in [0.05, 0.1) is 5.52 Å². The summed E-state index contributed by atoms with van der Waals surface area (Å²) in [6, 6.07) is 13.8. The van der Waals surface area contributed by atoms with Gasteiger partial charge in [0.25, 0.3) is 0 Å². The third-order valence-electron chi connectivity index (χ3n) is 3.55. The van der Waals surface area contributed by atoms with Gasteiger partial charge in [-0.2, -0.15) is 5.10 Å². The smallest absolute Gasteiger partial charge is 0.153 e. The number of para-hydroxylation sites is 1. The van der Waals surface area contributed by atoms with Crippen LogP contribution in [0.25, 0.3) is 16.7 Å². The molecule has 0 aliphatic heterocycles. The highest BCUT2D eigenvalue weighted by atomic mass is 15.3. The molecule has 6 nitrogen and oxygen atoms in total. The zero-order valence-electron chi connectivity index (χ0n) is 12.3. The van der Waals surface area contributed by atoms with Crippen LogP contribution in [-0.4, -0.2) is 24.7 Å². The second-order valence-electron chi connectivity index (χ2n) is 5.07. The predicted molar refractivity (Wildman–Crippen MR) is 88.2 cm³/mol.